The number of hydrogen-bond acceptors (Lipinski definition) is 5. The summed E-state index contributed by atoms with van der Waals surface area (Å²) < 4.78 is 0. The molecular weight excluding hydrogens is 124 g/mol. The Labute approximate surface area is 54.3 Å². The lowest BCUT2D eigenvalue weighted by Gasteiger charge is -2.09. The van der Waals surface area contributed by atoms with Gasteiger partial charge in [-0.3, -0.25) is 0 Å². The van der Waals surface area contributed by atoms with E-state index in [4.69, 9.17) is 15.3 Å². The van der Waals surface area contributed by atoms with Crippen molar-refractivity contribution in [3.05, 3.63) is 0 Å². The highest BCUT2D eigenvalue weighted by Crippen LogP contribution is 1.75. The molecule has 0 aliphatic rings. The van der Waals surface area contributed by atoms with E-state index in [9.17, 15) is 0 Å². The van der Waals surface area contributed by atoms with Crippen molar-refractivity contribution in [1.29, 1.82) is 0 Å². The summed E-state index contributed by atoms with van der Waals surface area (Å²) in [4.78, 5) is 1.04. The number of rotatable bonds is 3. The van der Waals surface area contributed by atoms with Crippen LogP contribution in [0.4, 0.5) is 0 Å². The average molecular weight is 138 g/mol. The van der Waals surface area contributed by atoms with Crippen molar-refractivity contribution in [3.8, 4) is 0 Å². The van der Waals surface area contributed by atoms with Crippen LogP contribution in [0.25, 0.3) is 0 Å². The van der Waals surface area contributed by atoms with Crippen molar-refractivity contribution in [1.82, 2.24) is 4.90 Å². The van der Waals surface area contributed by atoms with E-state index in [2.05, 4.69) is 5.73 Å². The molecule has 9 heavy (non-hydrogen) atoms. The van der Waals surface area contributed by atoms with Crippen molar-refractivity contribution in [2.75, 3.05) is 27.2 Å². The van der Waals surface area contributed by atoms with Gasteiger partial charge >= 0.3 is 0 Å². The minimum absolute atomic E-state index is 0.312. The Morgan fingerprint density at radius 2 is 1.22 bits per heavy atom. The maximum Gasteiger partial charge on any atom is 0.0993 e. The monoisotopic (exact) mass is 138 g/mol. The molecule has 5 nitrogen and oxygen atoms in total. The van der Waals surface area contributed by atoms with Crippen LogP contribution >= 0.6 is 0 Å². The molecule has 0 atom stereocenters. The van der Waals surface area contributed by atoms with Gasteiger partial charge in [-0.1, -0.05) is 0 Å². The average Bonchev–Trinajstić information content (AvgIpc) is 1.96. The third-order valence-electron chi connectivity index (χ3n) is 0.600. The maximum atomic E-state index is 8.13. The topological polar surface area (TPSA) is 90.0 Å². The standard InChI is InChI=1S/C3H9NO3.CH5N/c5-1-4(2-6)3-7;1-2/h5-7H,1-3H2;2H2,1H3. The molecule has 58 valence electrons. The molecular formula is C4H14N2O3. The third kappa shape index (κ3) is 7.80. The van der Waals surface area contributed by atoms with E-state index in [1.165, 1.54) is 7.05 Å². The predicted molar refractivity (Wildman–Crippen MR) is 33.2 cm³/mol. The first-order chi connectivity index (χ1) is 4.35. The minimum Gasteiger partial charge on any atom is -0.381 e. The zero-order chi connectivity index (χ0) is 7.70. The smallest absolute Gasteiger partial charge is 0.0993 e. The normalized spacial score (nSPS) is 8.67. The number of nitrogens with two attached hydrogens (primary N) is 1. The second kappa shape index (κ2) is 10.7. The van der Waals surface area contributed by atoms with Crippen molar-refractivity contribution >= 4 is 0 Å². The van der Waals surface area contributed by atoms with Crippen LogP contribution in [-0.4, -0.2) is 47.5 Å². The number of aliphatic hydroxyl groups is 3. The molecule has 0 aromatic rings. The zero-order valence-corrected chi connectivity index (χ0v) is 5.49. The Balaban J connectivity index is 0. The number of aliphatic hydroxyl groups excluding tert-OH is 3. The third-order valence-corrected chi connectivity index (χ3v) is 0.600. The largest absolute Gasteiger partial charge is 0.381 e. The van der Waals surface area contributed by atoms with Crippen LogP contribution in [0.3, 0.4) is 0 Å². The van der Waals surface area contributed by atoms with E-state index in [-0.39, 0.29) is 20.2 Å². The highest BCUT2D eigenvalue weighted by atomic mass is 16.3. The summed E-state index contributed by atoms with van der Waals surface area (Å²) in [5.74, 6) is 0. The van der Waals surface area contributed by atoms with Crippen molar-refractivity contribution < 1.29 is 15.3 Å². The molecule has 5 heteroatoms. The van der Waals surface area contributed by atoms with Crippen LogP contribution in [0, 0.1) is 0 Å². The predicted octanol–water partition coefficient (Wildman–Crippen LogP) is -2.29. The van der Waals surface area contributed by atoms with Crippen LogP contribution in [0.15, 0.2) is 0 Å². The highest BCUT2D eigenvalue weighted by molar-refractivity contribution is 4.28. The highest BCUT2D eigenvalue weighted by Gasteiger charge is 1.93. The van der Waals surface area contributed by atoms with E-state index in [0.29, 0.717) is 0 Å². The van der Waals surface area contributed by atoms with Gasteiger partial charge in [-0.25, -0.2) is 4.90 Å². The molecule has 0 bridgehead atoms. The molecule has 0 rings (SSSR count). The molecule has 0 fully saturated rings. The minimum atomic E-state index is -0.312. The zero-order valence-electron chi connectivity index (χ0n) is 5.49. The van der Waals surface area contributed by atoms with Gasteiger partial charge in [0, 0.05) is 0 Å². The number of hydrogen-bond donors (Lipinski definition) is 4. The fourth-order valence-electron chi connectivity index (χ4n) is 0.134. The maximum absolute atomic E-state index is 8.13. The van der Waals surface area contributed by atoms with E-state index in [1.807, 2.05) is 0 Å². The Kier molecular flexibility index (Phi) is 13.8. The van der Waals surface area contributed by atoms with Crippen LogP contribution in [0.2, 0.25) is 0 Å². The molecule has 0 aliphatic heterocycles. The molecule has 0 unspecified atom stereocenters. The molecule has 0 spiro atoms. The lowest BCUT2D eigenvalue weighted by atomic mass is 10.9. The molecule has 0 aromatic heterocycles. The van der Waals surface area contributed by atoms with Crippen LogP contribution < -0.4 is 5.73 Å². The summed E-state index contributed by atoms with van der Waals surface area (Å²) in [6.45, 7) is -0.938. The van der Waals surface area contributed by atoms with Gasteiger partial charge in [0.15, 0.2) is 0 Å². The fourth-order valence-corrected chi connectivity index (χ4v) is 0.134. The van der Waals surface area contributed by atoms with Gasteiger partial charge in [-0.05, 0) is 7.05 Å². The second-order valence-corrected chi connectivity index (χ2v) is 1.10. The van der Waals surface area contributed by atoms with E-state index in [1.54, 1.807) is 0 Å². The Hall–Kier alpha value is -0.200. The van der Waals surface area contributed by atoms with Crippen molar-refractivity contribution in [2.24, 2.45) is 5.73 Å². The van der Waals surface area contributed by atoms with Gasteiger partial charge < -0.3 is 21.1 Å². The Morgan fingerprint density at radius 3 is 1.22 bits per heavy atom. The fraction of sp³-hybridized carbons (Fsp3) is 1.00. The van der Waals surface area contributed by atoms with Crippen molar-refractivity contribution in [2.45, 2.75) is 0 Å². The Morgan fingerprint density at radius 1 is 1.00 bits per heavy atom. The summed E-state index contributed by atoms with van der Waals surface area (Å²) in [5, 5.41) is 24.4. The van der Waals surface area contributed by atoms with Crippen LogP contribution in [-0.2, 0) is 0 Å². The first kappa shape index (κ1) is 11.6. The molecule has 0 saturated heterocycles. The molecule has 0 aliphatic carbocycles. The quantitative estimate of drug-likeness (QED) is 0.330. The molecule has 0 amide bonds. The first-order valence-corrected chi connectivity index (χ1v) is 2.47. The van der Waals surface area contributed by atoms with Gasteiger partial charge in [-0.2, -0.15) is 0 Å². The summed E-state index contributed by atoms with van der Waals surface area (Å²) in [5.41, 5.74) is 4.50. The van der Waals surface area contributed by atoms with Gasteiger partial charge in [0.05, 0.1) is 20.2 Å². The van der Waals surface area contributed by atoms with E-state index >= 15 is 0 Å². The molecule has 5 N–H and O–H groups in total. The molecule has 0 radical (unpaired) electrons. The van der Waals surface area contributed by atoms with Crippen LogP contribution in [0.1, 0.15) is 0 Å². The van der Waals surface area contributed by atoms with Gasteiger partial charge in [0.2, 0.25) is 0 Å². The molecule has 0 saturated carbocycles. The van der Waals surface area contributed by atoms with E-state index in [0.717, 1.165) is 4.90 Å². The Bertz CT molecular complexity index is 35.3. The van der Waals surface area contributed by atoms with Gasteiger partial charge in [0.25, 0.3) is 0 Å². The lowest BCUT2D eigenvalue weighted by molar-refractivity contribution is -0.0268. The lowest BCUT2D eigenvalue weighted by Crippen LogP contribution is -2.26. The summed E-state index contributed by atoms with van der Waals surface area (Å²) in [7, 11) is 1.50. The summed E-state index contributed by atoms with van der Waals surface area (Å²) in [6.07, 6.45) is 0. The first-order valence-electron chi connectivity index (χ1n) is 2.47. The van der Waals surface area contributed by atoms with Gasteiger partial charge in [-0.15, -0.1) is 0 Å². The molecule has 0 heterocycles. The summed E-state index contributed by atoms with van der Waals surface area (Å²) >= 11 is 0. The SMILES string of the molecule is CN.OCN(CO)CO. The number of nitrogens with zero attached hydrogens (tertiary/aromatic N) is 1. The second-order valence-electron chi connectivity index (χ2n) is 1.10. The van der Waals surface area contributed by atoms with Gasteiger partial charge in [0.1, 0.15) is 0 Å². The summed E-state index contributed by atoms with van der Waals surface area (Å²) in [6, 6.07) is 0. The van der Waals surface area contributed by atoms with Crippen LogP contribution in [0.5, 0.6) is 0 Å². The van der Waals surface area contributed by atoms with Crippen molar-refractivity contribution in [3.63, 3.8) is 0 Å². The van der Waals surface area contributed by atoms with E-state index < -0.39 is 0 Å². The molecule has 0 aromatic carbocycles.